The highest BCUT2D eigenvalue weighted by atomic mass is 79.9. The molecule has 0 saturated heterocycles. The molecule has 0 saturated carbocycles. The third-order valence-electron chi connectivity index (χ3n) is 2.78. The van der Waals surface area contributed by atoms with Crippen LogP contribution in [-0.4, -0.2) is 25.8 Å². The average Bonchev–Trinajstić information content (AvgIpc) is 2.27. The summed E-state index contributed by atoms with van der Waals surface area (Å²) >= 11 is 3.54. The minimum Gasteiger partial charge on any atom is -0.504 e. The van der Waals surface area contributed by atoms with Gasteiger partial charge in [0.2, 0.25) is 0 Å². The van der Waals surface area contributed by atoms with E-state index in [4.69, 9.17) is 4.74 Å². The van der Waals surface area contributed by atoms with Gasteiger partial charge in [-0.05, 0) is 39.4 Å². The van der Waals surface area contributed by atoms with Gasteiger partial charge in [-0.25, -0.2) is 0 Å². The number of rotatable bonds is 4. The molecule has 90 valence electrons. The first kappa shape index (κ1) is 13.3. The van der Waals surface area contributed by atoms with Crippen molar-refractivity contribution in [2.24, 2.45) is 0 Å². The maximum atomic E-state index is 10.1. The van der Waals surface area contributed by atoms with Gasteiger partial charge in [-0.15, -0.1) is 0 Å². The fraction of sp³-hybridized carbons (Fsp3) is 0.500. The first-order chi connectivity index (χ1) is 7.54. The van der Waals surface area contributed by atoms with Crippen LogP contribution in [0.2, 0.25) is 0 Å². The second kappa shape index (κ2) is 5.55. The Labute approximate surface area is 105 Å². The lowest BCUT2D eigenvalue weighted by Gasteiger charge is -2.17. The van der Waals surface area contributed by atoms with Crippen molar-refractivity contribution in [3.63, 3.8) is 0 Å². The molecule has 3 nitrogen and oxygen atoms in total. The Morgan fingerprint density at radius 2 is 1.94 bits per heavy atom. The van der Waals surface area contributed by atoms with E-state index in [1.54, 1.807) is 7.11 Å². The number of methoxy groups -OCH3 is 1. The first-order valence-electron chi connectivity index (χ1n) is 5.23. The van der Waals surface area contributed by atoms with Crippen molar-refractivity contribution in [2.75, 3.05) is 20.7 Å². The third kappa shape index (κ3) is 2.33. The Morgan fingerprint density at radius 1 is 1.31 bits per heavy atom. The van der Waals surface area contributed by atoms with Crippen LogP contribution in [-0.2, 0) is 6.42 Å². The lowest BCUT2D eigenvalue weighted by atomic mass is 10.0. The molecule has 1 rings (SSSR count). The molecule has 0 aliphatic heterocycles. The van der Waals surface area contributed by atoms with Gasteiger partial charge in [0.05, 0.1) is 7.11 Å². The molecule has 0 amide bonds. The molecule has 0 aliphatic carbocycles. The SMILES string of the molecule is CNCCc1c(C)c(Br)c(C)c(OC)c1O. The van der Waals surface area contributed by atoms with Gasteiger partial charge in [-0.1, -0.05) is 15.9 Å². The summed E-state index contributed by atoms with van der Waals surface area (Å²) in [4.78, 5) is 0. The van der Waals surface area contributed by atoms with E-state index in [2.05, 4.69) is 21.2 Å². The van der Waals surface area contributed by atoms with Crippen molar-refractivity contribution < 1.29 is 9.84 Å². The largest absolute Gasteiger partial charge is 0.504 e. The summed E-state index contributed by atoms with van der Waals surface area (Å²) in [6.07, 6.45) is 0.781. The summed E-state index contributed by atoms with van der Waals surface area (Å²) in [5.41, 5.74) is 2.94. The molecule has 0 bridgehead atoms. The van der Waals surface area contributed by atoms with Gasteiger partial charge < -0.3 is 15.2 Å². The molecular weight excluding hydrogens is 270 g/mol. The van der Waals surface area contributed by atoms with Gasteiger partial charge >= 0.3 is 0 Å². The molecule has 0 unspecified atom stereocenters. The maximum absolute atomic E-state index is 10.1. The van der Waals surface area contributed by atoms with E-state index in [1.807, 2.05) is 20.9 Å². The Hall–Kier alpha value is -0.740. The highest BCUT2D eigenvalue weighted by molar-refractivity contribution is 9.10. The third-order valence-corrected chi connectivity index (χ3v) is 3.97. The normalized spacial score (nSPS) is 10.6. The van der Waals surface area contributed by atoms with Crippen LogP contribution in [0.5, 0.6) is 11.5 Å². The van der Waals surface area contributed by atoms with E-state index in [-0.39, 0.29) is 5.75 Å². The number of likely N-dealkylation sites (N-methyl/N-ethyl adjacent to an activating group) is 1. The van der Waals surface area contributed by atoms with Crippen molar-refractivity contribution in [2.45, 2.75) is 20.3 Å². The number of benzene rings is 1. The topological polar surface area (TPSA) is 41.5 Å². The zero-order valence-corrected chi connectivity index (χ0v) is 11.7. The molecule has 4 heteroatoms. The molecule has 1 aromatic rings. The fourth-order valence-corrected chi connectivity index (χ4v) is 2.23. The van der Waals surface area contributed by atoms with E-state index >= 15 is 0 Å². The molecule has 0 spiro atoms. The average molecular weight is 288 g/mol. The number of halogens is 1. The zero-order chi connectivity index (χ0) is 12.3. The second-order valence-corrected chi connectivity index (χ2v) is 4.57. The molecule has 0 radical (unpaired) electrons. The summed E-state index contributed by atoms with van der Waals surface area (Å²) in [5, 5.41) is 13.2. The van der Waals surface area contributed by atoms with Crippen LogP contribution in [0, 0.1) is 13.8 Å². The molecule has 0 atom stereocenters. The Bertz CT molecular complexity index is 391. The Balaban J connectivity index is 3.31. The van der Waals surface area contributed by atoms with E-state index in [0.29, 0.717) is 5.75 Å². The maximum Gasteiger partial charge on any atom is 0.164 e. The number of phenols is 1. The first-order valence-corrected chi connectivity index (χ1v) is 6.03. The number of ether oxygens (including phenoxy) is 1. The van der Waals surface area contributed by atoms with Crippen LogP contribution in [0.15, 0.2) is 4.47 Å². The van der Waals surface area contributed by atoms with Gasteiger partial charge in [0.15, 0.2) is 11.5 Å². The fourth-order valence-electron chi connectivity index (χ4n) is 1.81. The van der Waals surface area contributed by atoms with Gasteiger partial charge in [-0.3, -0.25) is 0 Å². The number of nitrogens with one attached hydrogen (secondary N) is 1. The van der Waals surface area contributed by atoms with Crippen molar-refractivity contribution in [3.8, 4) is 11.5 Å². The minimum atomic E-state index is 0.260. The highest BCUT2D eigenvalue weighted by Gasteiger charge is 2.17. The number of hydrogen-bond acceptors (Lipinski definition) is 3. The van der Waals surface area contributed by atoms with Crippen LogP contribution in [0.4, 0.5) is 0 Å². The smallest absolute Gasteiger partial charge is 0.164 e. The van der Waals surface area contributed by atoms with Gasteiger partial charge in [0.1, 0.15) is 0 Å². The Kier molecular flexibility index (Phi) is 4.62. The van der Waals surface area contributed by atoms with Crippen LogP contribution >= 0.6 is 15.9 Å². The van der Waals surface area contributed by atoms with Crippen LogP contribution < -0.4 is 10.1 Å². The van der Waals surface area contributed by atoms with E-state index < -0.39 is 0 Å². The van der Waals surface area contributed by atoms with Crippen molar-refractivity contribution >= 4 is 15.9 Å². The quantitative estimate of drug-likeness (QED) is 0.894. The molecule has 16 heavy (non-hydrogen) atoms. The molecule has 0 aliphatic rings. The van der Waals surface area contributed by atoms with Crippen molar-refractivity contribution in [1.29, 1.82) is 0 Å². The molecule has 0 fully saturated rings. The van der Waals surface area contributed by atoms with Gasteiger partial charge in [0.25, 0.3) is 0 Å². The molecule has 0 heterocycles. The predicted molar refractivity (Wildman–Crippen MR) is 69.5 cm³/mol. The second-order valence-electron chi connectivity index (χ2n) is 3.78. The molecular formula is C12H18BrNO2. The standard InChI is InChI=1S/C12H18BrNO2/c1-7-9(5-6-14-3)11(15)12(16-4)8(2)10(7)13/h14-15H,5-6H2,1-4H3. The summed E-state index contributed by atoms with van der Waals surface area (Å²) in [6.45, 7) is 4.76. The highest BCUT2D eigenvalue weighted by Crippen LogP contribution is 2.41. The molecule has 2 N–H and O–H groups in total. The summed E-state index contributed by atoms with van der Waals surface area (Å²) in [6, 6.07) is 0. The molecule has 1 aromatic carbocycles. The van der Waals surface area contributed by atoms with Crippen molar-refractivity contribution in [1.82, 2.24) is 5.32 Å². The number of phenolic OH excluding ortho intramolecular Hbond substituents is 1. The zero-order valence-electron chi connectivity index (χ0n) is 10.1. The lowest BCUT2D eigenvalue weighted by molar-refractivity contribution is 0.367. The van der Waals surface area contributed by atoms with Crippen LogP contribution in [0.1, 0.15) is 16.7 Å². The predicted octanol–water partition coefficient (Wildman–Crippen LogP) is 2.54. The van der Waals surface area contributed by atoms with E-state index in [1.165, 1.54) is 0 Å². The van der Waals surface area contributed by atoms with Crippen LogP contribution in [0.25, 0.3) is 0 Å². The summed E-state index contributed by atoms with van der Waals surface area (Å²) in [5.74, 6) is 0.819. The Morgan fingerprint density at radius 3 is 2.44 bits per heavy atom. The van der Waals surface area contributed by atoms with Crippen molar-refractivity contribution in [3.05, 3.63) is 21.2 Å². The monoisotopic (exact) mass is 287 g/mol. The number of hydrogen-bond donors (Lipinski definition) is 2. The van der Waals surface area contributed by atoms with E-state index in [9.17, 15) is 5.11 Å². The number of aromatic hydroxyl groups is 1. The minimum absolute atomic E-state index is 0.260. The summed E-state index contributed by atoms with van der Waals surface area (Å²) < 4.78 is 6.24. The lowest BCUT2D eigenvalue weighted by Crippen LogP contribution is -2.12. The summed E-state index contributed by atoms with van der Waals surface area (Å²) in [7, 11) is 3.47. The van der Waals surface area contributed by atoms with Crippen LogP contribution in [0.3, 0.4) is 0 Å². The molecule has 0 aromatic heterocycles. The van der Waals surface area contributed by atoms with E-state index in [0.717, 1.165) is 34.1 Å². The van der Waals surface area contributed by atoms with Gasteiger partial charge in [0, 0.05) is 15.6 Å². The van der Waals surface area contributed by atoms with Gasteiger partial charge in [-0.2, -0.15) is 0 Å².